The van der Waals surface area contributed by atoms with Crippen LogP contribution in [0.5, 0.6) is 0 Å². The molecule has 0 unspecified atom stereocenters. The Morgan fingerprint density at radius 3 is 1.79 bits per heavy atom. The van der Waals surface area contributed by atoms with Crippen molar-refractivity contribution in [1.29, 1.82) is 0 Å². The molecule has 3 rings (SSSR count). The molecule has 0 spiro atoms. The molecule has 0 aromatic heterocycles. The fourth-order valence-corrected chi connectivity index (χ4v) is 9.11. The topological polar surface area (TPSA) is 66.8 Å². The van der Waals surface area contributed by atoms with Gasteiger partial charge >= 0.3 is 6.09 Å². The fraction of sp³-hybridized carbons (Fsp3) is 0.286. The molecule has 0 radical (unpaired) electrons. The Kier molecular flexibility index (Phi) is 8.42. The summed E-state index contributed by atoms with van der Waals surface area (Å²) in [5, 5.41) is 12.0. The van der Waals surface area contributed by atoms with Crippen LogP contribution in [0.15, 0.2) is 91.0 Å². The van der Waals surface area contributed by atoms with Crippen LogP contribution < -0.4 is 10.4 Å². The maximum atomic E-state index is 12.2. The Morgan fingerprint density at radius 1 is 0.912 bits per heavy atom. The van der Waals surface area contributed by atoms with Gasteiger partial charge < -0.3 is 14.3 Å². The van der Waals surface area contributed by atoms with Crippen LogP contribution in [0.2, 0.25) is 5.04 Å². The molecule has 0 bridgehead atoms. The van der Waals surface area contributed by atoms with E-state index in [0.29, 0.717) is 0 Å². The van der Waals surface area contributed by atoms with Crippen molar-refractivity contribution in [2.45, 2.75) is 44.8 Å². The summed E-state index contributed by atoms with van der Waals surface area (Å²) in [4.78, 5) is 25.2. The summed E-state index contributed by atoms with van der Waals surface area (Å²) in [6.07, 6.45) is -0.223. The second kappa shape index (κ2) is 11.3. The minimum absolute atomic E-state index is 0.0668. The molecule has 0 saturated heterocycles. The second-order valence-corrected chi connectivity index (χ2v) is 13.7. The molecule has 3 aromatic carbocycles. The third kappa shape index (κ3) is 5.63. The maximum Gasteiger partial charge on any atom is 0.407 e. The molecular formula is C28H33NO4Si. The lowest BCUT2D eigenvalue weighted by molar-refractivity contribution is -0.109. The highest BCUT2D eigenvalue weighted by atomic mass is 28.4. The summed E-state index contributed by atoms with van der Waals surface area (Å²) in [6, 6.07) is 29.2. The predicted molar refractivity (Wildman–Crippen MR) is 138 cm³/mol. The van der Waals surface area contributed by atoms with E-state index in [-0.39, 0.29) is 24.6 Å². The van der Waals surface area contributed by atoms with E-state index in [9.17, 15) is 14.7 Å². The van der Waals surface area contributed by atoms with Crippen molar-refractivity contribution in [3.8, 4) is 0 Å². The minimum atomic E-state index is -2.85. The Balaban J connectivity index is 2.02. The van der Waals surface area contributed by atoms with E-state index in [0.717, 1.165) is 22.2 Å². The molecule has 1 atom stereocenters. The zero-order chi connectivity index (χ0) is 24.6. The number of carbonyl (C=O) groups excluding carboxylic acids is 1. The molecule has 0 saturated carbocycles. The molecule has 6 heteroatoms. The molecule has 34 heavy (non-hydrogen) atoms. The van der Waals surface area contributed by atoms with E-state index >= 15 is 0 Å². The summed E-state index contributed by atoms with van der Waals surface area (Å²) >= 11 is 0. The van der Waals surface area contributed by atoms with Crippen molar-refractivity contribution < 1.29 is 19.1 Å². The van der Waals surface area contributed by atoms with E-state index in [2.05, 4.69) is 45.0 Å². The molecule has 3 aromatic rings. The number of aldehydes is 1. The zero-order valence-corrected chi connectivity index (χ0v) is 21.1. The SMILES string of the molecule is CC(C)(C)[Si](OC[C@H](CC=O)N(Cc1ccccc1)C(=O)O)(c1ccccc1)c1ccccc1. The molecular weight excluding hydrogens is 442 g/mol. The van der Waals surface area contributed by atoms with E-state index in [1.54, 1.807) is 0 Å². The third-order valence-corrected chi connectivity index (χ3v) is 11.2. The van der Waals surface area contributed by atoms with Crippen molar-refractivity contribution in [3.63, 3.8) is 0 Å². The van der Waals surface area contributed by atoms with Gasteiger partial charge in [0.2, 0.25) is 0 Å². The number of carboxylic acid groups (broad SMARTS) is 1. The van der Waals surface area contributed by atoms with Gasteiger partial charge in [-0.05, 0) is 21.0 Å². The van der Waals surface area contributed by atoms with Gasteiger partial charge in [0.15, 0.2) is 0 Å². The van der Waals surface area contributed by atoms with Crippen molar-refractivity contribution >= 4 is 31.1 Å². The largest absolute Gasteiger partial charge is 0.465 e. The summed E-state index contributed by atoms with van der Waals surface area (Å²) in [5.74, 6) is 0. The number of carbonyl (C=O) groups is 2. The molecule has 0 aliphatic carbocycles. The lowest BCUT2D eigenvalue weighted by atomic mass is 10.1. The van der Waals surface area contributed by atoms with Crippen LogP contribution in [0.25, 0.3) is 0 Å². The van der Waals surface area contributed by atoms with Crippen molar-refractivity contribution in [1.82, 2.24) is 4.90 Å². The number of amides is 1. The van der Waals surface area contributed by atoms with Gasteiger partial charge in [-0.2, -0.15) is 0 Å². The van der Waals surface area contributed by atoms with Gasteiger partial charge in [0, 0.05) is 13.0 Å². The van der Waals surface area contributed by atoms with Crippen LogP contribution in [0.4, 0.5) is 4.79 Å². The standard InChI is InChI=1S/C28H33NO4Si/c1-28(2,3)34(25-15-9-5-10-16-25,26-17-11-6-12-18-26)33-22-24(19-20-30)29(27(31)32)21-23-13-7-4-8-14-23/h4-18,20,24H,19,21-22H2,1-3H3,(H,31,32)/t24-/m0/s1. The Morgan fingerprint density at radius 2 is 1.38 bits per heavy atom. The molecule has 1 amide bonds. The van der Waals surface area contributed by atoms with Gasteiger partial charge in [-0.3, -0.25) is 4.90 Å². The highest BCUT2D eigenvalue weighted by Crippen LogP contribution is 2.37. The smallest absolute Gasteiger partial charge is 0.407 e. The average Bonchev–Trinajstić information content (AvgIpc) is 2.83. The third-order valence-electron chi connectivity index (χ3n) is 6.16. The van der Waals surface area contributed by atoms with Crippen LogP contribution in [0.1, 0.15) is 32.8 Å². The first kappa shape index (κ1) is 25.4. The van der Waals surface area contributed by atoms with Gasteiger partial charge in [-0.1, -0.05) is 112 Å². The number of rotatable bonds is 10. The number of hydrogen-bond donors (Lipinski definition) is 1. The monoisotopic (exact) mass is 475 g/mol. The van der Waals surface area contributed by atoms with Crippen molar-refractivity contribution in [3.05, 3.63) is 96.6 Å². The van der Waals surface area contributed by atoms with Gasteiger partial charge in [-0.25, -0.2) is 4.79 Å². The van der Waals surface area contributed by atoms with Crippen molar-refractivity contribution in [2.75, 3.05) is 6.61 Å². The summed E-state index contributed by atoms with van der Waals surface area (Å²) in [6.45, 7) is 6.84. The lowest BCUT2D eigenvalue weighted by Gasteiger charge is -2.44. The lowest BCUT2D eigenvalue weighted by Crippen LogP contribution is -2.67. The Hall–Kier alpha value is -3.22. The molecule has 0 heterocycles. The maximum absolute atomic E-state index is 12.2. The molecule has 0 fully saturated rings. The highest BCUT2D eigenvalue weighted by Gasteiger charge is 2.50. The van der Waals surface area contributed by atoms with E-state index in [1.807, 2.05) is 66.7 Å². The second-order valence-electron chi connectivity index (χ2n) is 9.43. The summed E-state index contributed by atoms with van der Waals surface area (Å²) in [7, 11) is -2.85. The summed E-state index contributed by atoms with van der Waals surface area (Å²) in [5.41, 5.74) is 0.867. The molecule has 0 aliphatic rings. The number of hydrogen-bond acceptors (Lipinski definition) is 3. The normalized spacial score (nSPS) is 12.7. The number of nitrogens with zero attached hydrogens (tertiary/aromatic N) is 1. The van der Waals surface area contributed by atoms with Gasteiger partial charge in [0.25, 0.3) is 8.32 Å². The molecule has 178 valence electrons. The van der Waals surface area contributed by atoms with E-state index in [4.69, 9.17) is 4.43 Å². The van der Waals surface area contributed by atoms with Gasteiger partial charge in [0.1, 0.15) is 6.29 Å². The molecule has 0 aliphatic heterocycles. The average molecular weight is 476 g/mol. The van der Waals surface area contributed by atoms with Crippen LogP contribution in [-0.4, -0.2) is 43.4 Å². The van der Waals surface area contributed by atoms with Crippen LogP contribution in [0, 0.1) is 0 Å². The fourth-order valence-electron chi connectivity index (χ4n) is 4.51. The van der Waals surface area contributed by atoms with Crippen LogP contribution in [0.3, 0.4) is 0 Å². The van der Waals surface area contributed by atoms with E-state index in [1.165, 1.54) is 4.90 Å². The summed E-state index contributed by atoms with van der Waals surface area (Å²) < 4.78 is 6.92. The minimum Gasteiger partial charge on any atom is -0.465 e. The first-order chi connectivity index (χ1) is 16.3. The Bertz CT molecular complexity index is 1010. The quantitative estimate of drug-likeness (QED) is 0.341. The van der Waals surface area contributed by atoms with Gasteiger partial charge in [0.05, 0.1) is 12.6 Å². The first-order valence-electron chi connectivity index (χ1n) is 11.5. The number of benzene rings is 3. The van der Waals surface area contributed by atoms with E-state index < -0.39 is 20.5 Å². The Labute approximate surface area is 203 Å². The van der Waals surface area contributed by atoms with Crippen LogP contribution >= 0.6 is 0 Å². The highest BCUT2D eigenvalue weighted by molar-refractivity contribution is 6.99. The zero-order valence-electron chi connectivity index (χ0n) is 20.1. The first-order valence-corrected chi connectivity index (χ1v) is 13.4. The van der Waals surface area contributed by atoms with Crippen LogP contribution in [-0.2, 0) is 15.8 Å². The molecule has 1 N–H and O–H groups in total. The predicted octanol–water partition coefficient (Wildman–Crippen LogP) is 4.70. The van der Waals surface area contributed by atoms with Crippen molar-refractivity contribution in [2.24, 2.45) is 0 Å². The molecule has 5 nitrogen and oxygen atoms in total. The van der Waals surface area contributed by atoms with Gasteiger partial charge in [-0.15, -0.1) is 0 Å².